The Morgan fingerprint density at radius 2 is 1.16 bits per heavy atom. The van der Waals surface area contributed by atoms with Crippen LogP contribution in [-0.4, -0.2) is 129 Å². The lowest BCUT2D eigenvalue weighted by Crippen LogP contribution is -2.61. The average molecular weight is 1140 g/mol. The van der Waals surface area contributed by atoms with Crippen molar-refractivity contribution >= 4 is 75.0 Å². The molecular formula is C62H82N12O9. The Bertz CT molecular complexity index is 3110. The van der Waals surface area contributed by atoms with Crippen LogP contribution in [0.5, 0.6) is 0 Å². The molecule has 0 radical (unpaired) electrons. The number of H-pyrrole nitrogens is 2. The number of nitrogens with two attached hydrogens (primary N) is 2. The van der Waals surface area contributed by atoms with Crippen molar-refractivity contribution in [1.82, 2.24) is 52.1 Å². The molecule has 6 rings (SSSR count). The van der Waals surface area contributed by atoms with E-state index >= 15 is 4.79 Å². The minimum atomic E-state index is -1.36. The second-order valence-electron chi connectivity index (χ2n) is 22.2. The van der Waals surface area contributed by atoms with Gasteiger partial charge in [-0.1, -0.05) is 127 Å². The fourth-order valence-electron chi connectivity index (χ4n) is 10.4. The summed E-state index contributed by atoms with van der Waals surface area (Å²) in [6.45, 7) is 11.1. The Morgan fingerprint density at radius 1 is 0.627 bits per heavy atom. The molecule has 0 bridgehead atoms. The molecule has 83 heavy (non-hydrogen) atoms. The summed E-state index contributed by atoms with van der Waals surface area (Å²) < 4.78 is 0. The van der Waals surface area contributed by atoms with Gasteiger partial charge in [-0.2, -0.15) is 0 Å². The quantitative estimate of drug-likeness (QED) is 0.0299. The van der Waals surface area contributed by atoms with Crippen LogP contribution in [0.15, 0.2) is 91.3 Å². The normalized spacial score (nSPS) is 16.4. The number of primary amides is 1. The van der Waals surface area contributed by atoms with Crippen LogP contribution >= 0.6 is 0 Å². The standard InChI is InChI=1S/C62H82N12O9/c1-8-28-65-56(77)48(30-36(4)5)69-57(78)47(26-27-52(64)75)68-60(81)54(38(7)10-3)73-58(79)49(33-41-35-67-46-24-17-15-22-43(41)46)70-59(80)51-25-18-29-74(51)62(83)50(31-39-19-12-11-13-20-39)71-61(82)53(37(6)9-2)72-55(76)44(63)32-40-34-66-45-23-16-14-21-42(40)45/h1,11-17,19-24,34-38,44,47-51,53-54,66-67H,9-10,18,25-33,63H2,2-7H3,(H2,64,75)(H,65,77)(H,68,81)(H,69,78)(H,70,80)(H,71,82)(H,72,76)(H,73,79)/t37?,38?,44-,47-,48-,49-,50-,51-,53-,54-/m0/s1. The Morgan fingerprint density at radius 3 is 1.72 bits per heavy atom. The fraction of sp³-hybridized carbons (Fsp3) is 0.468. The van der Waals surface area contributed by atoms with Gasteiger partial charge in [0.25, 0.3) is 0 Å². The molecule has 0 spiro atoms. The molecule has 2 unspecified atom stereocenters. The number of carbonyl (C=O) groups is 9. The van der Waals surface area contributed by atoms with Gasteiger partial charge in [0.05, 0.1) is 12.6 Å². The van der Waals surface area contributed by atoms with E-state index in [1.807, 2.05) is 120 Å². The first-order valence-electron chi connectivity index (χ1n) is 28.7. The molecule has 21 nitrogen and oxygen atoms in total. The molecule has 1 fully saturated rings. The van der Waals surface area contributed by atoms with Crippen molar-refractivity contribution in [3.8, 4) is 12.3 Å². The maximum absolute atomic E-state index is 15.0. The average Bonchev–Trinajstić information content (AvgIpc) is 4.48. The summed E-state index contributed by atoms with van der Waals surface area (Å²) in [7, 11) is 0. The molecule has 3 aromatic carbocycles. The van der Waals surface area contributed by atoms with Gasteiger partial charge in [-0.05, 0) is 78.7 Å². The van der Waals surface area contributed by atoms with Crippen LogP contribution in [0.3, 0.4) is 0 Å². The van der Waals surface area contributed by atoms with E-state index in [-0.39, 0.29) is 69.9 Å². The van der Waals surface area contributed by atoms with Crippen molar-refractivity contribution < 1.29 is 43.2 Å². The highest BCUT2D eigenvalue weighted by Gasteiger charge is 2.41. The van der Waals surface area contributed by atoms with Gasteiger partial charge in [0, 0.05) is 60.0 Å². The third kappa shape index (κ3) is 17.5. The highest BCUT2D eigenvalue weighted by atomic mass is 16.2. The van der Waals surface area contributed by atoms with Gasteiger partial charge in [-0.25, -0.2) is 0 Å². The first-order valence-corrected chi connectivity index (χ1v) is 28.7. The molecule has 10 atom stereocenters. The van der Waals surface area contributed by atoms with E-state index in [9.17, 15) is 38.4 Å². The Hall–Kier alpha value is -8.51. The number of likely N-dealkylation sites (tertiary alicyclic amines) is 1. The van der Waals surface area contributed by atoms with Crippen molar-refractivity contribution in [2.75, 3.05) is 13.1 Å². The topological polar surface area (TPSA) is 325 Å². The summed E-state index contributed by atoms with van der Waals surface area (Å²) in [5.41, 5.74) is 15.9. The number of benzene rings is 3. The van der Waals surface area contributed by atoms with Crippen molar-refractivity contribution in [1.29, 1.82) is 0 Å². The van der Waals surface area contributed by atoms with Crippen LogP contribution in [0.1, 0.15) is 103 Å². The number of nitrogens with one attached hydrogen (secondary N) is 9. The lowest BCUT2D eigenvalue weighted by molar-refractivity contribution is -0.142. The number of rotatable bonds is 30. The lowest BCUT2D eigenvalue weighted by atomic mass is 9.96. The van der Waals surface area contributed by atoms with E-state index in [2.05, 4.69) is 53.1 Å². The highest BCUT2D eigenvalue weighted by molar-refractivity contribution is 5.99. The first-order chi connectivity index (χ1) is 39.7. The van der Waals surface area contributed by atoms with Gasteiger partial charge < -0.3 is 63.6 Å². The molecule has 0 aliphatic carbocycles. The smallest absolute Gasteiger partial charge is 0.246 e. The number of para-hydroxylation sites is 2. The fourth-order valence-corrected chi connectivity index (χ4v) is 10.4. The van der Waals surface area contributed by atoms with Gasteiger partial charge in [-0.3, -0.25) is 43.2 Å². The minimum Gasteiger partial charge on any atom is -0.370 e. The molecule has 13 N–H and O–H groups in total. The summed E-state index contributed by atoms with van der Waals surface area (Å²) in [6, 6.07) is 14.8. The Labute approximate surface area is 485 Å². The van der Waals surface area contributed by atoms with Crippen LogP contribution in [0.2, 0.25) is 0 Å². The number of nitrogens with zero attached hydrogens (tertiary/aromatic N) is 1. The number of terminal acetylenes is 1. The van der Waals surface area contributed by atoms with Gasteiger partial charge in [0.2, 0.25) is 53.2 Å². The monoisotopic (exact) mass is 1140 g/mol. The van der Waals surface area contributed by atoms with Gasteiger partial charge in [0.15, 0.2) is 0 Å². The molecule has 1 aliphatic heterocycles. The molecule has 1 aliphatic rings. The predicted molar refractivity (Wildman–Crippen MR) is 317 cm³/mol. The molecule has 0 saturated carbocycles. The summed E-state index contributed by atoms with van der Waals surface area (Å²) in [4.78, 5) is 134. The van der Waals surface area contributed by atoms with Crippen molar-refractivity contribution in [2.45, 2.75) is 154 Å². The van der Waals surface area contributed by atoms with Crippen LogP contribution in [0.4, 0.5) is 0 Å². The van der Waals surface area contributed by atoms with E-state index in [1.54, 1.807) is 13.1 Å². The number of hydrogen-bond acceptors (Lipinski definition) is 10. The number of aromatic nitrogens is 2. The number of hydrogen-bond donors (Lipinski definition) is 11. The van der Waals surface area contributed by atoms with E-state index in [4.69, 9.17) is 17.9 Å². The number of aromatic amines is 2. The summed E-state index contributed by atoms with van der Waals surface area (Å²) in [5, 5.41) is 21.3. The third-order valence-electron chi connectivity index (χ3n) is 15.5. The van der Waals surface area contributed by atoms with E-state index in [0.717, 1.165) is 32.9 Å². The second-order valence-corrected chi connectivity index (χ2v) is 22.2. The molecule has 1 saturated heterocycles. The van der Waals surface area contributed by atoms with Crippen molar-refractivity contribution in [3.63, 3.8) is 0 Å². The minimum absolute atomic E-state index is 0.0388. The SMILES string of the molecule is C#CCNC(=O)[C@H](CC(C)C)NC(=O)[C@H](CCC(N)=O)NC(=O)[C@@H](NC(=O)[C@H](Cc1c[nH]c2ccccc12)NC(=O)[C@@H]1CCCN1C(=O)[C@H](Cc1ccccc1)NC(=O)[C@@H](NC(=O)[C@@H](N)Cc1c[nH]c2ccccc12)C(C)CC)C(C)CC. The molecule has 21 heteroatoms. The van der Waals surface area contributed by atoms with E-state index in [1.165, 1.54) is 4.90 Å². The van der Waals surface area contributed by atoms with E-state index < -0.39 is 107 Å². The largest absolute Gasteiger partial charge is 0.370 e. The van der Waals surface area contributed by atoms with Crippen LogP contribution in [-0.2, 0) is 62.4 Å². The third-order valence-corrected chi connectivity index (χ3v) is 15.5. The molecule has 9 amide bonds. The number of fused-ring (bicyclic) bond motifs is 2. The lowest BCUT2D eigenvalue weighted by Gasteiger charge is -2.32. The van der Waals surface area contributed by atoms with Gasteiger partial charge in [0.1, 0.15) is 42.3 Å². The maximum Gasteiger partial charge on any atom is 0.246 e. The maximum atomic E-state index is 15.0. The first kappa shape index (κ1) is 63.7. The highest BCUT2D eigenvalue weighted by Crippen LogP contribution is 2.24. The van der Waals surface area contributed by atoms with Crippen molar-refractivity contribution in [2.24, 2.45) is 29.2 Å². The Kier molecular flexibility index (Phi) is 23.4. The molecular weight excluding hydrogens is 1060 g/mol. The molecule has 444 valence electrons. The summed E-state index contributed by atoms with van der Waals surface area (Å²) in [6.07, 6.45) is 10.3. The van der Waals surface area contributed by atoms with Crippen LogP contribution in [0.25, 0.3) is 21.8 Å². The van der Waals surface area contributed by atoms with E-state index in [0.29, 0.717) is 24.8 Å². The molecule has 2 aromatic heterocycles. The zero-order valence-electron chi connectivity index (χ0n) is 48.3. The summed E-state index contributed by atoms with van der Waals surface area (Å²) >= 11 is 0. The van der Waals surface area contributed by atoms with Gasteiger partial charge >= 0.3 is 0 Å². The van der Waals surface area contributed by atoms with Crippen LogP contribution in [0, 0.1) is 30.1 Å². The number of carbonyl (C=O) groups excluding carboxylic acids is 9. The molecule has 3 heterocycles. The predicted octanol–water partition coefficient (Wildman–Crippen LogP) is 3.06. The zero-order valence-corrected chi connectivity index (χ0v) is 48.3. The number of amides is 9. The zero-order chi connectivity index (χ0) is 60.3. The second kappa shape index (κ2) is 30.5. The molecule has 5 aromatic rings. The van der Waals surface area contributed by atoms with Crippen LogP contribution < -0.4 is 48.7 Å². The summed E-state index contributed by atoms with van der Waals surface area (Å²) in [5.74, 6) is -4.51. The van der Waals surface area contributed by atoms with Crippen molar-refractivity contribution in [3.05, 3.63) is 108 Å². The van der Waals surface area contributed by atoms with Gasteiger partial charge in [-0.15, -0.1) is 6.42 Å². The Balaban J connectivity index is 1.24.